The number of nitrogens with zero attached hydrogens (tertiary/aromatic N) is 3. The number of urea groups is 1. The predicted octanol–water partition coefficient (Wildman–Crippen LogP) is 3.39. The number of carbonyl (C=O) groups excluding carboxylic acids is 2. The van der Waals surface area contributed by atoms with Crippen molar-refractivity contribution in [2.45, 2.75) is 6.54 Å². The van der Waals surface area contributed by atoms with E-state index >= 15 is 0 Å². The molecule has 2 aromatic carbocycles. The zero-order chi connectivity index (χ0) is 24.1. The van der Waals surface area contributed by atoms with E-state index in [0.29, 0.717) is 11.3 Å². The molecule has 3 aromatic rings. The lowest BCUT2D eigenvalue weighted by atomic mass is 10.1. The highest BCUT2D eigenvalue weighted by Gasteiger charge is 2.29. The maximum absolute atomic E-state index is 13.6. The Balaban J connectivity index is 1.65. The Kier molecular flexibility index (Phi) is 6.93. The third-order valence-corrected chi connectivity index (χ3v) is 7.32. The summed E-state index contributed by atoms with van der Waals surface area (Å²) < 4.78 is 28.5. The van der Waals surface area contributed by atoms with Crippen LogP contribution in [-0.4, -0.2) is 62.0 Å². The first-order chi connectivity index (χ1) is 16.4. The highest BCUT2D eigenvalue weighted by atomic mass is 32.2. The van der Waals surface area contributed by atoms with Gasteiger partial charge in [0.25, 0.3) is 0 Å². The van der Waals surface area contributed by atoms with Crippen molar-refractivity contribution in [1.82, 2.24) is 9.88 Å². The van der Waals surface area contributed by atoms with E-state index in [-0.39, 0.29) is 37.2 Å². The highest BCUT2D eigenvalue weighted by Crippen LogP contribution is 2.27. The van der Waals surface area contributed by atoms with E-state index < -0.39 is 15.8 Å². The van der Waals surface area contributed by atoms with Crippen LogP contribution in [0.3, 0.4) is 0 Å². The fourth-order valence-corrected chi connectivity index (χ4v) is 4.98. The first-order valence-corrected chi connectivity index (χ1v) is 12.6. The lowest BCUT2D eigenvalue weighted by Gasteiger charge is -2.33. The molecule has 0 unspecified atom stereocenters. The third-order valence-electron chi connectivity index (χ3n) is 5.71. The number of pyridine rings is 1. The summed E-state index contributed by atoms with van der Waals surface area (Å²) in [6, 6.07) is 18.0. The van der Waals surface area contributed by atoms with Gasteiger partial charge in [-0.05, 0) is 41.5 Å². The molecule has 4 rings (SSSR count). The summed E-state index contributed by atoms with van der Waals surface area (Å²) in [6.07, 6.45) is 3.46. The van der Waals surface area contributed by atoms with Gasteiger partial charge in [-0.2, -0.15) is 0 Å². The molecule has 2 amide bonds. The van der Waals surface area contributed by atoms with Crippen LogP contribution in [0.4, 0.5) is 10.5 Å². The van der Waals surface area contributed by atoms with Crippen LogP contribution >= 0.6 is 0 Å². The van der Waals surface area contributed by atoms with Crippen LogP contribution in [-0.2, 0) is 21.1 Å². The molecular formula is C25H25N3O5S. The summed E-state index contributed by atoms with van der Waals surface area (Å²) in [6.45, 7) is 0.558. The molecule has 0 bridgehead atoms. The Labute approximate surface area is 198 Å². The second-order valence-electron chi connectivity index (χ2n) is 7.99. The van der Waals surface area contributed by atoms with E-state index in [4.69, 9.17) is 4.74 Å². The Morgan fingerprint density at radius 2 is 1.71 bits per heavy atom. The molecule has 34 heavy (non-hydrogen) atoms. The zero-order valence-corrected chi connectivity index (χ0v) is 19.6. The number of hydrogen-bond acceptors (Lipinski definition) is 6. The quantitative estimate of drug-likeness (QED) is 0.521. The van der Waals surface area contributed by atoms with Crippen molar-refractivity contribution in [2.75, 3.05) is 36.6 Å². The first-order valence-electron chi connectivity index (χ1n) is 10.8. The first kappa shape index (κ1) is 23.4. The normalized spacial score (nSPS) is 14.9. The van der Waals surface area contributed by atoms with Crippen LogP contribution in [0.1, 0.15) is 15.9 Å². The molecule has 0 N–H and O–H groups in total. The second-order valence-corrected chi connectivity index (χ2v) is 10.3. The molecule has 1 aliphatic heterocycles. The fourth-order valence-electron chi connectivity index (χ4n) is 3.78. The van der Waals surface area contributed by atoms with Gasteiger partial charge < -0.3 is 9.64 Å². The minimum atomic E-state index is -3.12. The summed E-state index contributed by atoms with van der Waals surface area (Å²) >= 11 is 0. The van der Waals surface area contributed by atoms with E-state index in [9.17, 15) is 18.0 Å². The van der Waals surface area contributed by atoms with Gasteiger partial charge in [-0.3, -0.25) is 9.88 Å². The van der Waals surface area contributed by atoms with Gasteiger partial charge in [0.15, 0.2) is 9.84 Å². The minimum absolute atomic E-state index is 0.0455. The van der Waals surface area contributed by atoms with Crippen molar-refractivity contribution in [2.24, 2.45) is 0 Å². The fraction of sp³-hybridized carbons (Fsp3) is 0.240. The third kappa shape index (κ3) is 5.43. The molecule has 0 spiro atoms. The Bertz CT molecular complexity index is 1260. The number of methoxy groups -OCH3 is 1. The molecule has 0 saturated carbocycles. The molecule has 176 valence electrons. The minimum Gasteiger partial charge on any atom is -0.465 e. The number of benzene rings is 2. The van der Waals surface area contributed by atoms with E-state index in [1.807, 2.05) is 36.4 Å². The van der Waals surface area contributed by atoms with Crippen LogP contribution < -0.4 is 4.90 Å². The van der Waals surface area contributed by atoms with Gasteiger partial charge in [0, 0.05) is 36.7 Å². The monoisotopic (exact) mass is 479 g/mol. The molecule has 0 radical (unpaired) electrons. The van der Waals surface area contributed by atoms with E-state index in [1.54, 1.807) is 46.5 Å². The summed E-state index contributed by atoms with van der Waals surface area (Å²) in [5.74, 6) is -0.523. The van der Waals surface area contributed by atoms with E-state index in [0.717, 1.165) is 16.7 Å². The van der Waals surface area contributed by atoms with Crippen LogP contribution in [0.15, 0.2) is 73.1 Å². The average molecular weight is 480 g/mol. The van der Waals surface area contributed by atoms with Crippen molar-refractivity contribution in [1.29, 1.82) is 0 Å². The largest absolute Gasteiger partial charge is 0.465 e. The van der Waals surface area contributed by atoms with Crippen molar-refractivity contribution >= 4 is 27.5 Å². The van der Waals surface area contributed by atoms with Gasteiger partial charge in [-0.25, -0.2) is 18.0 Å². The van der Waals surface area contributed by atoms with Gasteiger partial charge in [0.05, 0.1) is 30.7 Å². The summed E-state index contributed by atoms with van der Waals surface area (Å²) in [5, 5.41) is 0. The van der Waals surface area contributed by atoms with Gasteiger partial charge in [0.1, 0.15) is 0 Å². The lowest BCUT2D eigenvalue weighted by molar-refractivity contribution is 0.0600. The predicted molar refractivity (Wildman–Crippen MR) is 129 cm³/mol. The topological polar surface area (TPSA) is 96.9 Å². The number of anilines is 1. The number of hydrogen-bond donors (Lipinski definition) is 0. The Morgan fingerprint density at radius 1 is 1.00 bits per heavy atom. The average Bonchev–Trinajstić information content (AvgIpc) is 2.87. The molecule has 1 aromatic heterocycles. The molecule has 0 atom stereocenters. The van der Waals surface area contributed by atoms with Gasteiger partial charge in [-0.15, -0.1) is 0 Å². The number of amides is 2. The summed E-state index contributed by atoms with van der Waals surface area (Å²) in [4.78, 5) is 32.7. The van der Waals surface area contributed by atoms with Crippen molar-refractivity contribution < 1.29 is 22.7 Å². The molecule has 9 heteroatoms. The Morgan fingerprint density at radius 3 is 2.35 bits per heavy atom. The van der Waals surface area contributed by atoms with Gasteiger partial charge in [0.2, 0.25) is 0 Å². The van der Waals surface area contributed by atoms with Crippen LogP contribution in [0.5, 0.6) is 0 Å². The maximum atomic E-state index is 13.6. The number of sulfone groups is 1. The highest BCUT2D eigenvalue weighted by molar-refractivity contribution is 7.91. The zero-order valence-electron chi connectivity index (χ0n) is 18.8. The van der Waals surface area contributed by atoms with E-state index in [2.05, 4.69) is 4.98 Å². The van der Waals surface area contributed by atoms with E-state index in [1.165, 1.54) is 7.11 Å². The van der Waals surface area contributed by atoms with Gasteiger partial charge >= 0.3 is 12.0 Å². The lowest BCUT2D eigenvalue weighted by Crippen LogP contribution is -2.49. The molecule has 1 fully saturated rings. The van der Waals surface area contributed by atoms with Crippen LogP contribution in [0.25, 0.3) is 11.1 Å². The number of ether oxygens (including phenoxy) is 1. The smallest absolute Gasteiger partial charge is 0.337 e. The number of aromatic nitrogens is 1. The standard InChI is InChI=1S/C25H25N3O5S/c1-33-24(29)20-9-7-19(8-10-20)18-28(25(30)27-12-14-34(31,32)15-13-27)23-6-2-4-21(16-23)22-5-3-11-26-17-22/h2-11,16-17H,12-15,18H2,1H3. The molecule has 0 aliphatic carbocycles. The molecule has 2 heterocycles. The van der Waals surface area contributed by atoms with Crippen molar-refractivity contribution in [3.05, 3.63) is 84.2 Å². The number of rotatable bonds is 5. The number of esters is 1. The van der Waals surface area contributed by atoms with Crippen LogP contribution in [0, 0.1) is 0 Å². The maximum Gasteiger partial charge on any atom is 0.337 e. The van der Waals surface area contributed by atoms with Crippen LogP contribution in [0.2, 0.25) is 0 Å². The SMILES string of the molecule is COC(=O)c1ccc(CN(C(=O)N2CCS(=O)(=O)CC2)c2cccc(-c3cccnc3)c2)cc1. The molecular weight excluding hydrogens is 454 g/mol. The molecule has 1 saturated heterocycles. The van der Waals surface area contributed by atoms with Crippen molar-refractivity contribution in [3.8, 4) is 11.1 Å². The van der Waals surface area contributed by atoms with Gasteiger partial charge in [-0.1, -0.05) is 30.3 Å². The second kappa shape index (κ2) is 10.0. The summed E-state index contributed by atoms with van der Waals surface area (Å²) in [5.41, 5.74) is 3.74. The number of carbonyl (C=O) groups is 2. The molecule has 8 nitrogen and oxygen atoms in total. The molecule has 1 aliphatic rings. The van der Waals surface area contributed by atoms with Crippen molar-refractivity contribution in [3.63, 3.8) is 0 Å². The summed E-state index contributed by atoms with van der Waals surface area (Å²) in [7, 11) is -1.80. The Hall–Kier alpha value is -3.72.